The van der Waals surface area contributed by atoms with Crippen LogP contribution in [0.1, 0.15) is 75.3 Å². The number of hydrogen-bond acceptors (Lipinski definition) is 8. The van der Waals surface area contributed by atoms with Gasteiger partial charge in [0.15, 0.2) is 6.79 Å². The lowest BCUT2D eigenvalue weighted by molar-refractivity contribution is -0.137. The van der Waals surface area contributed by atoms with Crippen molar-refractivity contribution in [3.05, 3.63) is 71.0 Å². The number of rotatable bonds is 18. The van der Waals surface area contributed by atoms with Crippen molar-refractivity contribution < 1.29 is 34.0 Å². The van der Waals surface area contributed by atoms with Gasteiger partial charge in [-0.1, -0.05) is 44.9 Å². The number of methoxy groups -OCH3 is 1. The molecule has 0 spiro atoms. The molecule has 0 saturated carbocycles. The molecule has 0 amide bonds. The molecule has 1 aliphatic heterocycles. The summed E-state index contributed by atoms with van der Waals surface area (Å²) in [4.78, 5) is 10.6. The summed E-state index contributed by atoms with van der Waals surface area (Å²) in [6.07, 6.45) is 14.8. The Kier molecular flexibility index (Phi) is 13.7. The van der Waals surface area contributed by atoms with Crippen LogP contribution < -0.4 is 14.2 Å². The Morgan fingerprint density at radius 2 is 1.60 bits per heavy atom. The molecule has 1 heterocycles. The van der Waals surface area contributed by atoms with Crippen molar-refractivity contribution in [2.45, 2.75) is 64.2 Å². The lowest BCUT2D eigenvalue weighted by Gasteiger charge is -2.19. The summed E-state index contributed by atoms with van der Waals surface area (Å²) in [5.41, 5.74) is 1.55. The lowest BCUT2D eigenvalue weighted by Crippen LogP contribution is -2.04. The van der Waals surface area contributed by atoms with E-state index in [1.165, 1.54) is 12.1 Å². The number of carboxylic acid groups (broad SMARTS) is 1. The van der Waals surface area contributed by atoms with E-state index in [0.717, 1.165) is 63.4 Å². The number of nitriles is 2. The Morgan fingerprint density at radius 1 is 0.907 bits per heavy atom. The number of carboxylic acids is 1. The van der Waals surface area contributed by atoms with E-state index in [4.69, 9.17) is 24.1 Å². The van der Waals surface area contributed by atoms with E-state index in [-0.39, 0.29) is 24.5 Å². The van der Waals surface area contributed by atoms with Gasteiger partial charge in [-0.05, 0) is 61.4 Å². The maximum absolute atomic E-state index is 10.6. The summed E-state index contributed by atoms with van der Waals surface area (Å²) in [5.74, 6) is 1.38. The molecule has 0 fully saturated rings. The molecule has 1 aliphatic rings. The maximum atomic E-state index is 10.6. The van der Waals surface area contributed by atoms with Crippen LogP contribution in [-0.2, 0) is 9.53 Å². The first-order valence-electron chi connectivity index (χ1n) is 14.5. The zero-order chi connectivity index (χ0) is 30.9. The van der Waals surface area contributed by atoms with E-state index in [0.29, 0.717) is 40.8 Å². The van der Waals surface area contributed by atoms with Gasteiger partial charge in [0.2, 0.25) is 0 Å². The average Bonchev–Trinajstić information content (AvgIpc) is 3.00. The summed E-state index contributed by atoms with van der Waals surface area (Å²) in [6.45, 7) is 0.652. The molecule has 0 bridgehead atoms. The maximum Gasteiger partial charge on any atom is 0.303 e. The van der Waals surface area contributed by atoms with Crippen molar-refractivity contribution in [3.63, 3.8) is 0 Å². The van der Waals surface area contributed by atoms with Crippen LogP contribution in [0, 0.1) is 22.7 Å². The normalized spacial score (nSPS) is 12.1. The predicted octanol–water partition coefficient (Wildman–Crippen LogP) is 7.53. The summed E-state index contributed by atoms with van der Waals surface area (Å²) >= 11 is 0. The zero-order valence-corrected chi connectivity index (χ0v) is 24.5. The van der Waals surface area contributed by atoms with Crippen LogP contribution in [0.4, 0.5) is 0 Å². The van der Waals surface area contributed by atoms with Crippen molar-refractivity contribution in [2.75, 3.05) is 20.5 Å². The first-order chi connectivity index (χ1) is 20.9. The Hall–Kier alpha value is -4.73. The number of aromatic hydroxyl groups is 1. The quantitative estimate of drug-likeness (QED) is 0.103. The Labute approximate surface area is 252 Å². The van der Waals surface area contributed by atoms with Gasteiger partial charge in [-0.25, -0.2) is 0 Å². The first-order valence-corrected chi connectivity index (χ1v) is 14.5. The van der Waals surface area contributed by atoms with Crippen LogP contribution in [0.15, 0.2) is 59.9 Å². The SMILES string of the molecule is COCOc1ccc(C=CC2=CC(=C(C#N)C#N)c3cc(O)ccc3O2)c(OCCCCCCCCCCCC(=O)O)c1. The molecule has 226 valence electrons. The number of ether oxygens (including phenoxy) is 4. The number of allylic oxidation sites excluding steroid dienone is 4. The van der Waals surface area contributed by atoms with E-state index >= 15 is 0 Å². The summed E-state index contributed by atoms with van der Waals surface area (Å²) in [7, 11) is 1.55. The number of aliphatic carboxylic acids is 1. The van der Waals surface area contributed by atoms with Gasteiger partial charge in [-0.2, -0.15) is 10.5 Å². The number of unbranched alkanes of at least 4 members (excludes halogenated alkanes) is 8. The van der Waals surface area contributed by atoms with Crippen molar-refractivity contribution in [1.82, 2.24) is 0 Å². The lowest BCUT2D eigenvalue weighted by atomic mass is 9.97. The van der Waals surface area contributed by atoms with Crippen molar-refractivity contribution in [3.8, 4) is 35.1 Å². The van der Waals surface area contributed by atoms with Crippen molar-refractivity contribution in [1.29, 1.82) is 10.5 Å². The molecule has 0 atom stereocenters. The van der Waals surface area contributed by atoms with Gasteiger partial charge in [0.25, 0.3) is 0 Å². The molecule has 2 aromatic carbocycles. The fourth-order valence-electron chi connectivity index (χ4n) is 4.59. The van der Waals surface area contributed by atoms with Gasteiger partial charge in [-0.3, -0.25) is 4.79 Å². The fraction of sp³-hybridized carbons (Fsp3) is 0.382. The monoisotopic (exact) mass is 586 g/mol. The fourth-order valence-corrected chi connectivity index (χ4v) is 4.59. The van der Waals surface area contributed by atoms with Gasteiger partial charge in [0, 0.05) is 36.3 Å². The second-order valence-electron chi connectivity index (χ2n) is 10.1. The minimum Gasteiger partial charge on any atom is -0.508 e. The molecule has 0 unspecified atom stereocenters. The van der Waals surface area contributed by atoms with E-state index < -0.39 is 5.97 Å². The van der Waals surface area contributed by atoms with Crippen molar-refractivity contribution in [2.24, 2.45) is 0 Å². The van der Waals surface area contributed by atoms with Crippen LogP contribution in [0.2, 0.25) is 0 Å². The highest BCUT2D eigenvalue weighted by molar-refractivity contribution is 5.87. The average molecular weight is 587 g/mol. The third-order valence-corrected chi connectivity index (χ3v) is 6.81. The molecule has 9 nitrogen and oxygen atoms in total. The van der Waals surface area contributed by atoms with Gasteiger partial charge in [0.1, 0.15) is 46.5 Å². The first kappa shape index (κ1) is 32.8. The Balaban J connectivity index is 1.61. The van der Waals surface area contributed by atoms with Gasteiger partial charge in [-0.15, -0.1) is 0 Å². The molecule has 0 aliphatic carbocycles. The molecule has 2 aromatic rings. The molecule has 0 saturated heterocycles. The largest absolute Gasteiger partial charge is 0.508 e. The van der Waals surface area contributed by atoms with Crippen LogP contribution in [0.3, 0.4) is 0 Å². The van der Waals surface area contributed by atoms with Crippen molar-refractivity contribution >= 4 is 17.6 Å². The predicted molar refractivity (Wildman–Crippen MR) is 162 cm³/mol. The third-order valence-electron chi connectivity index (χ3n) is 6.81. The van der Waals surface area contributed by atoms with E-state index in [1.807, 2.05) is 36.4 Å². The van der Waals surface area contributed by atoms with Gasteiger partial charge in [0.05, 0.1) is 6.61 Å². The second-order valence-corrected chi connectivity index (χ2v) is 10.1. The highest BCUT2D eigenvalue weighted by Gasteiger charge is 2.20. The standard InChI is InChI=1S/C34H38N2O7/c1-40-24-42-28-15-12-25(33(21-28)41-18-10-8-6-4-2-3-5-7-9-11-34(38)39)13-16-29-20-30(26(22-35)23-36)31-19-27(37)14-17-32(31)43-29/h12-17,19-21,37H,2-11,18,24H2,1H3,(H,38,39). The summed E-state index contributed by atoms with van der Waals surface area (Å²) in [5, 5.41) is 37.6. The Bertz CT molecular complexity index is 1400. The van der Waals surface area contributed by atoms with Gasteiger partial charge < -0.3 is 29.2 Å². The Morgan fingerprint density at radius 3 is 2.28 bits per heavy atom. The highest BCUT2D eigenvalue weighted by Crippen LogP contribution is 2.38. The second kappa shape index (κ2) is 17.9. The van der Waals surface area contributed by atoms with E-state index in [2.05, 4.69) is 0 Å². The molecule has 3 rings (SSSR count). The number of nitrogens with zero attached hydrogens (tertiary/aromatic N) is 2. The zero-order valence-electron chi connectivity index (χ0n) is 24.5. The molecular formula is C34H38N2O7. The van der Waals surface area contributed by atoms with Crippen LogP contribution in [0.25, 0.3) is 11.6 Å². The van der Waals surface area contributed by atoms with Crippen LogP contribution >= 0.6 is 0 Å². The molecule has 2 N–H and O–H groups in total. The third kappa shape index (κ3) is 10.9. The van der Waals surface area contributed by atoms with Gasteiger partial charge >= 0.3 is 5.97 Å². The molecule has 43 heavy (non-hydrogen) atoms. The van der Waals surface area contributed by atoms with Crippen LogP contribution in [-0.4, -0.2) is 36.7 Å². The highest BCUT2D eigenvalue weighted by atomic mass is 16.7. The minimum absolute atomic E-state index is 0.00464. The van der Waals surface area contributed by atoms with E-state index in [1.54, 1.807) is 25.3 Å². The minimum atomic E-state index is -0.720. The number of carbonyl (C=O) groups is 1. The molecule has 0 radical (unpaired) electrons. The molecular weight excluding hydrogens is 548 g/mol. The summed E-state index contributed by atoms with van der Waals surface area (Å²) < 4.78 is 22.7. The smallest absolute Gasteiger partial charge is 0.303 e. The topological polar surface area (TPSA) is 142 Å². The van der Waals surface area contributed by atoms with E-state index in [9.17, 15) is 20.4 Å². The molecule has 0 aromatic heterocycles. The summed E-state index contributed by atoms with van der Waals surface area (Å²) in [6, 6.07) is 13.9. The number of fused-ring (bicyclic) bond motifs is 1. The van der Waals surface area contributed by atoms with Crippen LogP contribution in [0.5, 0.6) is 23.0 Å². The number of hydrogen-bond donors (Lipinski definition) is 2. The molecule has 9 heteroatoms. The number of benzene rings is 2. The number of phenols is 1. The number of phenolic OH excluding ortho intramolecular Hbond substituents is 1.